The number of nitrogens with zero attached hydrogens (tertiary/aromatic N) is 1. The Balaban J connectivity index is 1.64. The van der Waals surface area contributed by atoms with Gasteiger partial charge in [0.2, 0.25) is 10.0 Å². The van der Waals surface area contributed by atoms with Gasteiger partial charge in [-0.25, -0.2) is 8.42 Å². The molecule has 1 saturated heterocycles. The third-order valence-electron chi connectivity index (χ3n) is 4.06. The molecule has 2 fully saturated rings. The molecule has 2 aliphatic rings. The number of amides is 2. The van der Waals surface area contributed by atoms with Gasteiger partial charge in [0.1, 0.15) is 6.23 Å². The zero-order valence-electron chi connectivity index (χ0n) is 13.7. The molecule has 9 heteroatoms. The van der Waals surface area contributed by atoms with E-state index >= 15 is 0 Å². The summed E-state index contributed by atoms with van der Waals surface area (Å²) in [6.45, 7) is 0.616. The van der Waals surface area contributed by atoms with Crippen LogP contribution in [0.2, 0.25) is 0 Å². The average Bonchev–Trinajstić information content (AvgIpc) is 3.44. The van der Waals surface area contributed by atoms with Crippen LogP contribution in [0, 0.1) is 0 Å². The summed E-state index contributed by atoms with van der Waals surface area (Å²) in [5, 5.41) is 5.04. The molecule has 25 heavy (non-hydrogen) atoms. The Bertz CT molecular complexity index is 733. The Kier molecular flexibility index (Phi) is 5.36. The predicted octanol–water partition coefficient (Wildman–Crippen LogP) is -0.181. The minimum absolute atomic E-state index is 0.0804. The van der Waals surface area contributed by atoms with Gasteiger partial charge in [0.05, 0.1) is 18.0 Å². The minimum Gasteiger partial charge on any atom is -0.360 e. The van der Waals surface area contributed by atoms with Gasteiger partial charge in [0.15, 0.2) is 0 Å². The quantitative estimate of drug-likeness (QED) is 0.703. The Morgan fingerprint density at radius 1 is 1.16 bits per heavy atom. The van der Waals surface area contributed by atoms with E-state index in [0.717, 1.165) is 12.8 Å². The van der Waals surface area contributed by atoms with E-state index in [1.165, 1.54) is 16.4 Å². The maximum absolute atomic E-state index is 12.8. The molecule has 0 unspecified atom stereocenters. The summed E-state index contributed by atoms with van der Waals surface area (Å²) in [6, 6.07) is 8.15. The van der Waals surface area contributed by atoms with Crippen molar-refractivity contribution in [1.82, 2.24) is 14.9 Å². The molecular weight excluding hydrogens is 346 g/mol. The molecule has 2 N–H and O–H groups in total. The summed E-state index contributed by atoms with van der Waals surface area (Å²) in [7, 11) is -3.73. The van der Waals surface area contributed by atoms with Gasteiger partial charge in [-0.3, -0.25) is 9.59 Å². The normalized spacial score (nSPS) is 21.5. The molecule has 0 spiro atoms. The molecule has 0 radical (unpaired) electrons. The number of ether oxygens (including phenoxy) is 1. The van der Waals surface area contributed by atoms with Gasteiger partial charge in [-0.05, 0) is 31.4 Å². The monoisotopic (exact) mass is 367 g/mol. The van der Waals surface area contributed by atoms with Crippen LogP contribution >= 0.6 is 0 Å². The summed E-state index contributed by atoms with van der Waals surface area (Å²) < 4.78 is 32.3. The fourth-order valence-electron chi connectivity index (χ4n) is 2.57. The fourth-order valence-corrected chi connectivity index (χ4v) is 4.16. The fraction of sp³-hybridized carbons (Fsp3) is 0.500. The Labute approximate surface area is 146 Å². The summed E-state index contributed by atoms with van der Waals surface area (Å²) >= 11 is 0. The van der Waals surface area contributed by atoms with Crippen molar-refractivity contribution in [2.24, 2.45) is 0 Å². The van der Waals surface area contributed by atoms with Crippen molar-refractivity contribution < 1.29 is 22.7 Å². The lowest BCUT2D eigenvalue weighted by atomic mass is 10.3. The van der Waals surface area contributed by atoms with Crippen molar-refractivity contribution in [1.29, 1.82) is 0 Å². The van der Waals surface area contributed by atoms with E-state index in [9.17, 15) is 18.0 Å². The van der Waals surface area contributed by atoms with Crippen LogP contribution in [0.3, 0.4) is 0 Å². The lowest BCUT2D eigenvalue weighted by Crippen LogP contribution is -2.53. The van der Waals surface area contributed by atoms with E-state index in [1.54, 1.807) is 18.2 Å². The molecule has 1 aromatic rings. The molecule has 1 atom stereocenters. The third-order valence-corrected chi connectivity index (χ3v) is 5.96. The van der Waals surface area contributed by atoms with E-state index in [-0.39, 0.29) is 17.5 Å². The predicted molar refractivity (Wildman–Crippen MR) is 88.9 cm³/mol. The van der Waals surface area contributed by atoms with Crippen LogP contribution in [0.4, 0.5) is 0 Å². The smallest absolute Gasteiger partial charge is 0.309 e. The molecule has 136 valence electrons. The number of benzene rings is 1. The first-order valence-electron chi connectivity index (χ1n) is 8.25. The highest BCUT2D eigenvalue weighted by Crippen LogP contribution is 2.22. The van der Waals surface area contributed by atoms with Gasteiger partial charge in [-0.1, -0.05) is 18.2 Å². The molecule has 1 aliphatic carbocycles. The molecule has 1 heterocycles. The van der Waals surface area contributed by atoms with E-state index in [1.807, 2.05) is 0 Å². The SMILES string of the molecule is O=C(NC[C@H]1OCCCN1S(=O)(=O)c1ccccc1)C(=O)NC1CC1. The number of carbonyl (C=O) groups excluding carboxylic acids is 2. The topological polar surface area (TPSA) is 105 Å². The van der Waals surface area contributed by atoms with Crippen LogP contribution < -0.4 is 10.6 Å². The second-order valence-electron chi connectivity index (χ2n) is 6.07. The highest BCUT2D eigenvalue weighted by atomic mass is 32.2. The van der Waals surface area contributed by atoms with Crippen molar-refractivity contribution in [2.75, 3.05) is 19.7 Å². The maximum atomic E-state index is 12.8. The lowest BCUT2D eigenvalue weighted by molar-refractivity contribution is -0.140. The lowest BCUT2D eigenvalue weighted by Gasteiger charge is -2.34. The van der Waals surface area contributed by atoms with E-state index < -0.39 is 28.1 Å². The van der Waals surface area contributed by atoms with E-state index in [2.05, 4.69) is 10.6 Å². The summed E-state index contributed by atoms with van der Waals surface area (Å²) in [6.07, 6.45) is 1.50. The Hall–Kier alpha value is -1.97. The molecular formula is C16H21N3O5S. The van der Waals surface area contributed by atoms with Gasteiger partial charge in [-0.2, -0.15) is 4.31 Å². The zero-order valence-corrected chi connectivity index (χ0v) is 14.5. The number of nitrogens with one attached hydrogen (secondary N) is 2. The van der Waals surface area contributed by atoms with Crippen LogP contribution in [0.5, 0.6) is 0 Å². The van der Waals surface area contributed by atoms with Crippen molar-refractivity contribution in [2.45, 2.75) is 36.4 Å². The maximum Gasteiger partial charge on any atom is 0.309 e. The second kappa shape index (κ2) is 7.51. The number of sulfonamides is 1. The first kappa shape index (κ1) is 17.8. The highest BCUT2D eigenvalue weighted by molar-refractivity contribution is 7.89. The first-order valence-corrected chi connectivity index (χ1v) is 9.69. The summed E-state index contributed by atoms with van der Waals surface area (Å²) in [5.41, 5.74) is 0. The molecule has 1 aliphatic heterocycles. The first-order chi connectivity index (χ1) is 12.0. The number of rotatable bonds is 5. The van der Waals surface area contributed by atoms with Crippen molar-refractivity contribution in [3.8, 4) is 0 Å². The average molecular weight is 367 g/mol. The second-order valence-corrected chi connectivity index (χ2v) is 7.96. The summed E-state index contributed by atoms with van der Waals surface area (Å²) in [4.78, 5) is 23.7. The Morgan fingerprint density at radius 2 is 1.88 bits per heavy atom. The number of hydrogen-bond acceptors (Lipinski definition) is 5. The number of carbonyl (C=O) groups is 2. The highest BCUT2D eigenvalue weighted by Gasteiger charge is 2.35. The molecule has 8 nitrogen and oxygen atoms in total. The summed E-state index contributed by atoms with van der Waals surface area (Å²) in [5.74, 6) is -1.48. The van der Waals surface area contributed by atoms with E-state index in [0.29, 0.717) is 19.6 Å². The van der Waals surface area contributed by atoms with Gasteiger partial charge in [0, 0.05) is 12.6 Å². The standard InChI is InChI=1S/C16H21N3O5S/c20-15(16(21)18-12-7-8-12)17-11-14-19(9-4-10-24-14)25(22,23)13-5-2-1-3-6-13/h1-3,5-6,12,14H,4,7-11H2,(H,17,20)(H,18,21)/t14-/m1/s1. The van der Waals surface area contributed by atoms with Gasteiger partial charge >= 0.3 is 11.8 Å². The molecule has 3 rings (SSSR count). The van der Waals surface area contributed by atoms with Crippen molar-refractivity contribution >= 4 is 21.8 Å². The van der Waals surface area contributed by atoms with E-state index in [4.69, 9.17) is 4.74 Å². The van der Waals surface area contributed by atoms with Crippen molar-refractivity contribution in [3.63, 3.8) is 0 Å². The molecule has 0 bridgehead atoms. The molecule has 1 aromatic carbocycles. The van der Waals surface area contributed by atoms with Gasteiger partial charge < -0.3 is 15.4 Å². The van der Waals surface area contributed by atoms with Crippen molar-refractivity contribution in [3.05, 3.63) is 30.3 Å². The third kappa shape index (κ3) is 4.36. The van der Waals surface area contributed by atoms with Gasteiger partial charge in [-0.15, -0.1) is 0 Å². The van der Waals surface area contributed by atoms with Crippen LogP contribution in [-0.2, 0) is 24.3 Å². The van der Waals surface area contributed by atoms with Crippen LogP contribution in [0.15, 0.2) is 35.2 Å². The number of hydrogen-bond donors (Lipinski definition) is 2. The minimum atomic E-state index is -3.73. The Morgan fingerprint density at radius 3 is 2.56 bits per heavy atom. The molecule has 2 amide bonds. The van der Waals surface area contributed by atoms with Gasteiger partial charge in [0.25, 0.3) is 0 Å². The molecule has 0 aromatic heterocycles. The van der Waals surface area contributed by atoms with Crippen LogP contribution in [-0.4, -0.2) is 56.5 Å². The zero-order chi connectivity index (χ0) is 17.9. The van der Waals surface area contributed by atoms with Crippen LogP contribution in [0.25, 0.3) is 0 Å². The molecule has 1 saturated carbocycles. The van der Waals surface area contributed by atoms with Crippen LogP contribution in [0.1, 0.15) is 19.3 Å². The largest absolute Gasteiger partial charge is 0.360 e.